The Bertz CT molecular complexity index is 1190. The number of cyclic esters (lactones) is 2. The number of hydrogen-bond acceptors (Lipinski definition) is 7. The summed E-state index contributed by atoms with van der Waals surface area (Å²) in [6, 6.07) is 10.0. The van der Waals surface area contributed by atoms with Crippen LogP contribution in [0, 0.1) is 20.8 Å². The fourth-order valence-corrected chi connectivity index (χ4v) is 4.68. The van der Waals surface area contributed by atoms with E-state index in [1.807, 2.05) is 58.0 Å². The molecule has 0 aromatic heterocycles. The molecule has 2 aromatic carbocycles. The molecule has 35 heavy (non-hydrogen) atoms. The van der Waals surface area contributed by atoms with Crippen LogP contribution in [0.5, 0.6) is 11.5 Å². The molecule has 4 rings (SSSR count). The van der Waals surface area contributed by atoms with E-state index in [1.165, 1.54) is 13.8 Å². The minimum atomic E-state index is -1.37. The van der Waals surface area contributed by atoms with E-state index in [4.69, 9.17) is 18.9 Å². The van der Waals surface area contributed by atoms with Gasteiger partial charge in [0.05, 0.1) is 0 Å². The molecule has 0 bridgehead atoms. The van der Waals surface area contributed by atoms with Gasteiger partial charge >= 0.3 is 11.9 Å². The van der Waals surface area contributed by atoms with E-state index in [-0.39, 0.29) is 6.42 Å². The highest BCUT2D eigenvalue weighted by Crippen LogP contribution is 2.45. The molecule has 2 aliphatic heterocycles. The topological polar surface area (TPSA) is 91.3 Å². The van der Waals surface area contributed by atoms with E-state index < -0.39 is 34.7 Å². The van der Waals surface area contributed by atoms with E-state index in [2.05, 4.69) is 0 Å². The third-order valence-electron chi connectivity index (χ3n) is 6.70. The molecule has 1 N–H and O–H groups in total. The molecule has 0 aliphatic carbocycles. The van der Waals surface area contributed by atoms with Crippen molar-refractivity contribution in [2.75, 3.05) is 0 Å². The average molecular weight is 481 g/mol. The number of hydrogen-bond donors (Lipinski definition) is 1. The van der Waals surface area contributed by atoms with Crippen LogP contribution < -0.4 is 9.47 Å². The summed E-state index contributed by atoms with van der Waals surface area (Å²) in [7, 11) is 0. The molecule has 0 radical (unpaired) electrons. The van der Waals surface area contributed by atoms with Gasteiger partial charge in [-0.2, -0.15) is 0 Å². The van der Waals surface area contributed by atoms with E-state index in [1.54, 1.807) is 0 Å². The zero-order valence-electron chi connectivity index (χ0n) is 21.1. The normalized spacial score (nSPS) is 20.9. The highest BCUT2D eigenvalue weighted by Gasteiger charge is 2.43. The second kappa shape index (κ2) is 8.95. The SMILES string of the molecule is Cc1c(C)c2c(c(C)c1OCc1ccccc1)CC[C@@](C)(CC(O)=C1C(=O)OC(C)(C)OC1=O)O2. The molecule has 1 atom stereocenters. The van der Waals surface area contributed by atoms with Crippen molar-refractivity contribution >= 4 is 11.9 Å². The van der Waals surface area contributed by atoms with Crippen LogP contribution in [-0.2, 0) is 32.1 Å². The molecule has 1 fully saturated rings. The van der Waals surface area contributed by atoms with Crippen molar-refractivity contribution in [1.82, 2.24) is 0 Å². The van der Waals surface area contributed by atoms with Crippen molar-refractivity contribution < 1.29 is 33.6 Å². The van der Waals surface area contributed by atoms with Crippen molar-refractivity contribution in [3.05, 3.63) is 69.5 Å². The summed E-state index contributed by atoms with van der Waals surface area (Å²) in [6.45, 7) is 11.3. The third-order valence-corrected chi connectivity index (χ3v) is 6.70. The Morgan fingerprint density at radius 1 is 0.943 bits per heavy atom. The van der Waals surface area contributed by atoms with Crippen molar-refractivity contribution in [2.24, 2.45) is 0 Å². The zero-order chi connectivity index (χ0) is 25.5. The number of aliphatic hydroxyl groups is 1. The molecule has 0 amide bonds. The van der Waals surface area contributed by atoms with Gasteiger partial charge in [-0.1, -0.05) is 30.3 Å². The van der Waals surface area contributed by atoms with E-state index in [9.17, 15) is 14.7 Å². The van der Waals surface area contributed by atoms with Crippen LogP contribution in [0.25, 0.3) is 0 Å². The average Bonchev–Trinajstić information content (AvgIpc) is 2.76. The first kappa shape index (κ1) is 24.6. The van der Waals surface area contributed by atoms with Gasteiger partial charge < -0.3 is 24.1 Å². The second-order valence-electron chi connectivity index (χ2n) is 10.0. The molecule has 7 heteroatoms. The highest BCUT2D eigenvalue weighted by molar-refractivity contribution is 6.15. The summed E-state index contributed by atoms with van der Waals surface area (Å²) in [5.41, 5.74) is 3.85. The number of rotatable bonds is 5. The van der Waals surface area contributed by atoms with Gasteiger partial charge in [-0.05, 0) is 62.8 Å². The molecule has 2 heterocycles. The number of carbonyl (C=O) groups is 2. The predicted molar refractivity (Wildman–Crippen MR) is 129 cm³/mol. The number of ether oxygens (including phenoxy) is 4. The standard InChI is InChI=1S/C28H32O7/c1-16-17(2)24-20(18(3)23(16)32-15-19-10-8-7-9-11-19)12-13-28(6,33-24)14-21(29)22-25(30)34-27(4,5)35-26(22)31/h7-11,29H,12-15H2,1-6H3/t28-/m0/s1. The maximum atomic E-state index is 12.4. The first-order valence-corrected chi connectivity index (χ1v) is 11.8. The fourth-order valence-electron chi connectivity index (χ4n) is 4.68. The summed E-state index contributed by atoms with van der Waals surface area (Å²) < 4.78 is 22.9. The van der Waals surface area contributed by atoms with Crippen LogP contribution in [-0.4, -0.2) is 28.4 Å². The fraction of sp³-hybridized carbons (Fsp3) is 0.429. The van der Waals surface area contributed by atoms with Crippen LogP contribution in [0.4, 0.5) is 0 Å². The lowest BCUT2D eigenvalue weighted by molar-refractivity contribution is -0.222. The van der Waals surface area contributed by atoms with Crippen LogP contribution >= 0.6 is 0 Å². The third kappa shape index (κ3) is 4.85. The smallest absolute Gasteiger partial charge is 0.352 e. The Morgan fingerprint density at radius 3 is 2.20 bits per heavy atom. The molecule has 1 saturated heterocycles. The largest absolute Gasteiger partial charge is 0.511 e. The molecule has 0 saturated carbocycles. The van der Waals surface area contributed by atoms with Gasteiger partial charge in [-0.25, -0.2) is 9.59 Å². The Kier molecular flexibility index (Phi) is 6.30. The Labute approximate surface area is 205 Å². The van der Waals surface area contributed by atoms with Crippen molar-refractivity contribution in [3.8, 4) is 11.5 Å². The Morgan fingerprint density at radius 2 is 1.57 bits per heavy atom. The van der Waals surface area contributed by atoms with Gasteiger partial charge in [0, 0.05) is 25.8 Å². The Balaban J connectivity index is 1.58. The van der Waals surface area contributed by atoms with Gasteiger partial charge in [0.25, 0.3) is 5.79 Å². The quantitative estimate of drug-likeness (QED) is 0.268. The lowest BCUT2D eigenvalue weighted by atomic mass is 9.84. The number of carbonyl (C=O) groups excluding carboxylic acids is 2. The van der Waals surface area contributed by atoms with Crippen LogP contribution in [0.15, 0.2) is 41.7 Å². The summed E-state index contributed by atoms with van der Waals surface area (Å²) >= 11 is 0. The molecular weight excluding hydrogens is 448 g/mol. The summed E-state index contributed by atoms with van der Waals surface area (Å²) in [5, 5.41) is 10.7. The lowest BCUT2D eigenvalue weighted by Crippen LogP contribution is -2.43. The maximum absolute atomic E-state index is 12.4. The minimum absolute atomic E-state index is 0.0316. The van der Waals surface area contributed by atoms with Gasteiger partial charge in [-0.15, -0.1) is 0 Å². The van der Waals surface area contributed by atoms with Gasteiger partial charge in [0.15, 0.2) is 5.57 Å². The minimum Gasteiger partial charge on any atom is -0.511 e. The molecule has 2 aliphatic rings. The monoisotopic (exact) mass is 480 g/mol. The summed E-state index contributed by atoms with van der Waals surface area (Å²) in [4.78, 5) is 24.7. The van der Waals surface area contributed by atoms with Crippen molar-refractivity contribution in [3.63, 3.8) is 0 Å². The predicted octanol–water partition coefficient (Wildman–Crippen LogP) is 5.31. The van der Waals surface area contributed by atoms with Gasteiger partial charge in [0.2, 0.25) is 0 Å². The summed E-state index contributed by atoms with van der Waals surface area (Å²) in [6.07, 6.45) is 1.25. The number of aliphatic hydroxyl groups excluding tert-OH is 1. The van der Waals surface area contributed by atoms with E-state index >= 15 is 0 Å². The molecule has 7 nitrogen and oxygen atoms in total. The van der Waals surface area contributed by atoms with Gasteiger partial charge in [-0.3, -0.25) is 0 Å². The number of benzene rings is 2. The molecular formula is C28H32O7. The van der Waals surface area contributed by atoms with Crippen LogP contribution in [0.1, 0.15) is 61.4 Å². The maximum Gasteiger partial charge on any atom is 0.352 e. The van der Waals surface area contributed by atoms with Crippen LogP contribution in [0.2, 0.25) is 0 Å². The Hall–Kier alpha value is -3.48. The first-order valence-electron chi connectivity index (χ1n) is 11.8. The molecule has 0 unspecified atom stereocenters. The molecule has 0 spiro atoms. The van der Waals surface area contributed by atoms with Crippen molar-refractivity contribution in [2.45, 2.75) is 78.8 Å². The van der Waals surface area contributed by atoms with Crippen molar-refractivity contribution in [1.29, 1.82) is 0 Å². The number of esters is 2. The van der Waals surface area contributed by atoms with Crippen LogP contribution in [0.3, 0.4) is 0 Å². The molecule has 186 valence electrons. The second-order valence-corrected chi connectivity index (χ2v) is 10.0. The highest BCUT2D eigenvalue weighted by atomic mass is 16.7. The lowest BCUT2D eigenvalue weighted by Gasteiger charge is -2.38. The van der Waals surface area contributed by atoms with E-state index in [0.29, 0.717) is 19.4 Å². The van der Waals surface area contributed by atoms with Gasteiger partial charge in [0.1, 0.15) is 29.5 Å². The first-order chi connectivity index (χ1) is 16.4. The summed E-state index contributed by atoms with van der Waals surface area (Å²) in [5.74, 6) is -1.94. The number of fused-ring (bicyclic) bond motifs is 1. The zero-order valence-corrected chi connectivity index (χ0v) is 21.1. The molecule has 2 aromatic rings. The van der Waals surface area contributed by atoms with E-state index in [0.717, 1.165) is 39.3 Å².